The van der Waals surface area contributed by atoms with Crippen molar-refractivity contribution in [2.45, 2.75) is 26.7 Å². The molecule has 3 N–H and O–H groups in total. The monoisotopic (exact) mass is 342 g/mol. The van der Waals surface area contributed by atoms with Crippen molar-refractivity contribution in [3.8, 4) is 0 Å². The van der Waals surface area contributed by atoms with Crippen molar-refractivity contribution < 1.29 is 19.5 Å². The van der Waals surface area contributed by atoms with Gasteiger partial charge >= 0.3 is 12.0 Å². The van der Waals surface area contributed by atoms with E-state index in [1.807, 2.05) is 26.0 Å². The molecular formula is C13H15BrN2O4. The summed E-state index contributed by atoms with van der Waals surface area (Å²) in [5.74, 6) is -1.71. The molecule has 0 bridgehead atoms. The number of aryl methyl sites for hydroxylation is 2. The molecule has 1 aromatic carbocycles. The van der Waals surface area contributed by atoms with E-state index in [0.29, 0.717) is 5.69 Å². The van der Waals surface area contributed by atoms with Gasteiger partial charge in [0.1, 0.15) is 0 Å². The fourth-order valence-electron chi connectivity index (χ4n) is 1.66. The summed E-state index contributed by atoms with van der Waals surface area (Å²) in [6.07, 6.45) is -0.545. The predicted octanol–water partition coefficient (Wildman–Crippen LogP) is 2.58. The Kier molecular flexibility index (Phi) is 5.69. The minimum absolute atomic E-state index is 0.235. The highest BCUT2D eigenvalue weighted by atomic mass is 79.9. The summed E-state index contributed by atoms with van der Waals surface area (Å²) in [4.78, 5) is 33.3. The number of halogens is 1. The summed E-state index contributed by atoms with van der Waals surface area (Å²) >= 11 is 3.35. The molecule has 0 aliphatic carbocycles. The van der Waals surface area contributed by atoms with E-state index in [4.69, 9.17) is 5.11 Å². The summed E-state index contributed by atoms with van der Waals surface area (Å²) in [6, 6.07) is 3.01. The summed E-state index contributed by atoms with van der Waals surface area (Å²) in [5.41, 5.74) is 2.33. The molecule has 0 heterocycles. The molecule has 0 fully saturated rings. The average Bonchev–Trinajstić information content (AvgIpc) is 2.31. The number of hydrogen-bond acceptors (Lipinski definition) is 3. The Hall–Kier alpha value is -1.89. The molecule has 0 unspecified atom stereocenters. The zero-order chi connectivity index (χ0) is 15.3. The summed E-state index contributed by atoms with van der Waals surface area (Å²) in [5, 5.41) is 13.1. The third-order valence-electron chi connectivity index (χ3n) is 2.55. The summed E-state index contributed by atoms with van der Waals surface area (Å²) in [6.45, 7) is 3.67. The van der Waals surface area contributed by atoms with Gasteiger partial charge in [-0.15, -0.1) is 0 Å². The Morgan fingerprint density at radius 1 is 1.15 bits per heavy atom. The van der Waals surface area contributed by atoms with Gasteiger partial charge < -0.3 is 10.4 Å². The van der Waals surface area contributed by atoms with E-state index in [0.717, 1.165) is 15.6 Å². The van der Waals surface area contributed by atoms with Crippen LogP contribution in [0.5, 0.6) is 0 Å². The second kappa shape index (κ2) is 7.04. The smallest absolute Gasteiger partial charge is 0.325 e. The number of nitrogens with one attached hydrogen (secondary N) is 2. The number of carbonyl (C=O) groups excluding carboxylic acids is 2. The van der Waals surface area contributed by atoms with Crippen LogP contribution < -0.4 is 10.6 Å². The topological polar surface area (TPSA) is 95.5 Å². The standard InChI is InChI=1S/C13H15BrN2O4/c1-7-5-9(14)6-8(2)12(7)16-13(20)15-10(17)3-4-11(18)19/h5-6H,3-4H2,1-2H3,(H,18,19)(H2,15,16,17,20). The second-order valence-corrected chi connectivity index (χ2v) is 5.23. The van der Waals surface area contributed by atoms with E-state index in [9.17, 15) is 14.4 Å². The van der Waals surface area contributed by atoms with Gasteiger partial charge in [0, 0.05) is 16.6 Å². The molecule has 0 saturated heterocycles. The van der Waals surface area contributed by atoms with Gasteiger partial charge in [-0.1, -0.05) is 15.9 Å². The van der Waals surface area contributed by atoms with Crippen LogP contribution in [0.15, 0.2) is 16.6 Å². The number of amides is 3. The van der Waals surface area contributed by atoms with Gasteiger partial charge in [0.15, 0.2) is 0 Å². The number of rotatable bonds is 4. The lowest BCUT2D eigenvalue weighted by atomic mass is 10.1. The van der Waals surface area contributed by atoms with Gasteiger partial charge in [0.25, 0.3) is 0 Å². The molecule has 108 valence electrons. The molecule has 0 saturated carbocycles. The molecule has 7 heteroatoms. The maximum Gasteiger partial charge on any atom is 0.325 e. The summed E-state index contributed by atoms with van der Waals surface area (Å²) < 4.78 is 0.899. The molecule has 20 heavy (non-hydrogen) atoms. The van der Waals surface area contributed by atoms with Crippen molar-refractivity contribution in [1.29, 1.82) is 0 Å². The van der Waals surface area contributed by atoms with Crippen molar-refractivity contribution in [2.75, 3.05) is 5.32 Å². The highest BCUT2D eigenvalue weighted by Crippen LogP contribution is 2.24. The second-order valence-electron chi connectivity index (χ2n) is 4.31. The van der Waals surface area contributed by atoms with Gasteiger partial charge in [-0.3, -0.25) is 14.9 Å². The quantitative estimate of drug-likeness (QED) is 0.783. The third kappa shape index (κ3) is 5.00. The van der Waals surface area contributed by atoms with Crippen LogP contribution in [-0.4, -0.2) is 23.0 Å². The van der Waals surface area contributed by atoms with Crippen LogP contribution in [0.25, 0.3) is 0 Å². The first kappa shape index (κ1) is 16.2. The number of anilines is 1. The number of carboxylic acid groups (broad SMARTS) is 1. The molecule has 0 spiro atoms. The lowest BCUT2D eigenvalue weighted by Crippen LogP contribution is -2.34. The van der Waals surface area contributed by atoms with Crippen molar-refractivity contribution in [1.82, 2.24) is 5.32 Å². The molecule has 0 aromatic heterocycles. The maximum atomic E-state index is 11.7. The molecule has 1 aromatic rings. The van der Waals surface area contributed by atoms with Gasteiger partial charge in [0.2, 0.25) is 5.91 Å². The molecule has 0 radical (unpaired) electrons. The first-order chi connectivity index (χ1) is 9.29. The maximum absolute atomic E-state index is 11.7. The first-order valence-corrected chi connectivity index (χ1v) is 6.68. The molecule has 6 nitrogen and oxygen atoms in total. The highest BCUT2D eigenvalue weighted by Gasteiger charge is 2.12. The lowest BCUT2D eigenvalue weighted by molar-refractivity contribution is -0.138. The van der Waals surface area contributed by atoms with Crippen LogP contribution in [0.4, 0.5) is 10.5 Å². The summed E-state index contributed by atoms with van der Waals surface area (Å²) in [7, 11) is 0. The number of aliphatic carboxylic acids is 1. The fraction of sp³-hybridized carbons (Fsp3) is 0.308. The zero-order valence-corrected chi connectivity index (χ0v) is 12.7. The van der Waals surface area contributed by atoms with Crippen LogP contribution in [0.2, 0.25) is 0 Å². The number of imide groups is 1. The lowest BCUT2D eigenvalue weighted by Gasteiger charge is -2.12. The minimum atomic E-state index is -1.08. The number of carbonyl (C=O) groups is 3. The van der Waals surface area contributed by atoms with Crippen molar-refractivity contribution in [3.05, 3.63) is 27.7 Å². The Bertz CT molecular complexity index is 534. The van der Waals surface area contributed by atoms with E-state index in [1.165, 1.54) is 0 Å². The van der Waals surface area contributed by atoms with Crippen LogP contribution in [0, 0.1) is 13.8 Å². The van der Waals surface area contributed by atoms with E-state index in [1.54, 1.807) is 0 Å². The van der Waals surface area contributed by atoms with Crippen LogP contribution in [-0.2, 0) is 9.59 Å². The van der Waals surface area contributed by atoms with Gasteiger partial charge in [-0.25, -0.2) is 4.79 Å². The number of benzene rings is 1. The zero-order valence-electron chi connectivity index (χ0n) is 11.1. The SMILES string of the molecule is Cc1cc(Br)cc(C)c1NC(=O)NC(=O)CCC(=O)O. The Morgan fingerprint density at radius 2 is 1.70 bits per heavy atom. The van der Waals surface area contributed by atoms with E-state index in [-0.39, 0.29) is 12.8 Å². The molecule has 3 amide bonds. The number of hydrogen-bond donors (Lipinski definition) is 3. The van der Waals surface area contributed by atoms with Crippen LogP contribution in [0.3, 0.4) is 0 Å². The van der Waals surface area contributed by atoms with E-state index in [2.05, 4.69) is 26.6 Å². The van der Waals surface area contributed by atoms with Gasteiger partial charge in [-0.05, 0) is 37.1 Å². The largest absolute Gasteiger partial charge is 0.481 e. The Balaban J connectivity index is 2.63. The van der Waals surface area contributed by atoms with Crippen LogP contribution >= 0.6 is 15.9 Å². The molecule has 0 aliphatic heterocycles. The van der Waals surface area contributed by atoms with Gasteiger partial charge in [-0.2, -0.15) is 0 Å². The van der Waals surface area contributed by atoms with Crippen LogP contribution in [0.1, 0.15) is 24.0 Å². The van der Waals surface area contributed by atoms with Gasteiger partial charge in [0.05, 0.1) is 6.42 Å². The number of carboxylic acids is 1. The van der Waals surface area contributed by atoms with Crippen molar-refractivity contribution >= 4 is 39.5 Å². The van der Waals surface area contributed by atoms with E-state index >= 15 is 0 Å². The molecule has 1 rings (SSSR count). The molecule has 0 atom stereocenters. The Labute approximate surface area is 124 Å². The third-order valence-corrected chi connectivity index (χ3v) is 3.01. The highest BCUT2D eigenvalue weighted by molar-refractivity contribution is 9.10. The average molecular weight is 343 g/mol. The molecule has 0 aliphatic rings. The van der Waals surface area contributed by atoms with Crippen molar-refractivity contribution in [3.63, 3.8) is 0 Å². The normalized spacial score (nSPS) is 9.95. The first-order valence-electron chi connectivity index (χ1n) is 5.89. The fourth-order valence-corrected chi connectivity index (χ4v) is 2.35. The predicted molar refractivity (Wildman–Crippen MR) is 77.6 cm³/mol. The van der Waals surface area contributed by atoms with E-state index < -0.39 is 17.9 Å². The minimum Gasteiger partial charge on any atom is -0.481 e. The Morgan fingerprint density at radius 3 is 2.20 bits per heavy atom. The molecular weight excluding hydrogens is 328 g/mol. The van der Waals surface area contributed by atoms with Crippen molar-refractivity contribution in [2.24, 2.45) is 0 Å². The number of urea groups is 1.